The van der Waals surface area contributed by atoms with E-state index in [9.17, 15) is 0 Å². The van der Waals surface area contributed by atoms with Crippen LogP contribution >= 0.6 is 11.6 Å². The highest BCUT2D eigenvalue weighted by molar-refractivity contribution is 6.33. The van der Waals surface area contributed by atoms with Crippen LogP contribution in [0.1, 0.15) is 5.56 Å². The smallest absolute Gasteiger partial charge is 0.139 e. The van der Waals surface area contributed by atoms with Gasteiger partial charge in [0.1, 0.15) is 5.82 Å². The van der Waals surface area contributed by atoms with Crippen molar-refractivity contribution in [2.45, 2.75) is 6.42 Å². The Hall–Kier alpha value is -2.00. The number of rotatable bonds is 1. The summed E-state index contributed by atoms with van der Waals surface area (Å²) in [6.07, 6.45) is 1.08. The topological polar surface area (TPSA) is 40.7 Å². The molecule has 3 nitrogen and oxygen atoms in total. The summed E-state index contributed by atoms with van der Waals surface area (Å²) < 4.78 is 0. The molecule has 2 aromatic carbocycles. The molecule has 4 rings (SSSR count). The van der Waals surface area contributed by atoms with E-state index in [1.807, 2.05) is 24.3 Å². The van der Waals surface area contributed by atoms with Crippen LogP contribution in [0, 0.1) is 0 Å². The molecule has 0 spiro atoms. The zero-order valence-electron chi connectivity index (χ0n) is 10.2. The number of anilines is 1. The molecule has 0 saturated heterocycles. The van der Waals surface area contributed by atoms with Crippen LogP contribution in [0.2, 0.25) is 5.02 Å². The number of H-pyrrole nitrogens is 1. The van der Waals surface area contributed by atoms with Gasteiger partial charge in [0.15, 0.2) is 0 Å². The summed E-state index contributed by atoms with van der Waals surface area (Å²) in [4.78, 5) is 8.00. The van der Waals surface area contributed by atoms with Crippen molar-refractivity contribution in [1.82, 2.24) is 9.97 Å². The molecule has 3 aromatic rings. The maximum absolute atomic E-state index is 6.21. The van der Waals surface area contributed by atoms with Gasteiger partial charge in [-0.05, 0) is 36.2 Å². The van der Waals surface area contributed by atoms with Gasteiger partial charge in [-0.2, -0.15) is 0 Å². The van der Waals surface area contributed by atoms with Gasteiger partial charge in [0.2, 0.25) is 0 Å². The molecule has 0 radical (unpaired) electrons. The Morgan fingerprint density at radius 3 is 2.95 bits per heavy atom. The SMILES string of the molecule is Clc1ccccc1-c1nc2cc3c(cc2[nH]1)CCN3. The highest BCUT2D eigenvalue weighted by Gasteiger charge is 2.14. The number of fused-ring (bicyclic) bond motifs is 2. The molecule has 0 bridgehead atoms. The van der Waals surface area contributed by atoms with Crippen LogP contribution < -0.4 is 5.32 Å². The molecule has 19 heavy (non-hydrogen) atoms. The van der Waals surface area contributed by atoms with Crippen LogP contribution in [0.5, 0.6) is 0 Å². The number of halogens is 1. The molecule has 94 valence electrons. The molecule has 4 heteroatoms. The molecule has 2 heterocycles. The summed E-state index contributed by atoms with van der Waals surface area (Å²) >= 11 is 6.21. The first-order valence-electron chi connectivity index (χ1n) is 6.33. The van der Waals surface area contributed by atoms with Crippen molar-refractivity contribution in [2.75, 3.05) is 11.9 Å². The average Bonchev–Trinajstić information content (AvgIpc) is 3.01. The standard InChI is InChI=1S/C15H12ClN3/c16-11-4-2-1-3-10(11)15-18-13-7-9-5-6-17-12(9)8-14(13)19-15/h1-4,7-8,17H,5-6H2,(H,18,19). The molecule has 2 N–H and O–H groups in total. The van der Waals surface area contributed by atoms with Gasteiger partial charge in [-0.3, -0.25) is 0 Å². The molecule has 0 unspecified atom stereocenters. The van der Waals surface area contributed by atoms with Crippen molar-refractivity contribution in [3.05, 3.63) is 47.0 Å². The molecule has 1 aliphatic rings. The molecular weight excluding hydrogens is 258 g/mol. The second kappa shape index (κ2) is 4.00. The normalized spacial score (nSPS) is 13.5. The van der Waals surface area contributed by atoms with Crippen molar-refractivity contribution < 1.29 is 0 Å². The van der Waals surface area contributed by atoms with Gasteiger partial charge < -0.3 is 10.3 Å². The van der Waals surface area contributed by atoms with Crippen molar-refractivity contribution in [2.24, 2.45) is 0 Å². The number of hydrogen-bond donors (Lipinski definition) is 2. The lowest BCUT2D eigenvalue weighted by atomic mass is 10.1. The van der Waals surface area contributed by atoms with E-state index < -0.39 is 0 Å². The van der Waals surface area contributed by atoms with Crippen molar-refractivity contribution in [3.63, 3.8) is 0 Å². The Bertz CT molecular complexity index is 735. The van der Waals surface area contributed by atoms with E-state index in [2.05, 4.69) is 27.4 Å². The fourth-order valence-corrected chi connectivity index (χ4v) is 2.81. The summed E-state index contributed by atoms with van der Waals surface area (Å²) in [5.74, 6) is 0.823. The number of nitrogens with one attached hydrogen (secondary N) is 2. The highest BCUT2D eigenvalue weighted by Crippen LogP contribution is 2.31. The lowest BCUT2D eigenvalue weighted by Gasteiger charge is -1.98. The van der Waals surface area contributed by atoms with Gasteiger partial charge in [0, 0.05) is 17.8 Å². The predicted molar refractivity (Wildman–Crippen MR) is 78.7 cm³/mol. The number of imidazole rings is 1. The van der Waals surface area contributed by atoms with Gasteiger partial charge in [0.25, 0.3) is 0 Å². The highest BCUT2D eigenvalue weighted by atomic mass is 35.5. The Morgan fingerprint density at radius 1 is 1.16 bits per heavy atom. The van der Waals surface area contributed by atoms with Gasteiger partial charge in [-0.1, -0.05) is 23.7 Å². The summed E-state index contributed by atoms with van der Waals surface area (Å²) in [5.41, 5.74) is 5.53. The second-order valence-corrected chi connectivity index (χ2v) is 5.18. The Labute approximate surface area is 115 Å². The molecule has 0 saturated carbocycles. The van der Waals surface area contributed by atoms with Crippen LogP contribution in [0.15, 0.2) is 36.4 Å². The number of aromatic amines is 1. The minimum Gasteiger partial charge on any atom is -0.384 e. The Balaban J connectivity index is 1.91. The summed E-state index contributed by atoms with van der Waals surface area (Å²) in [7, 11) is 0. The largest absolute Gasteiger partial charge is 0.384 e. The maximum atomic E-state index is 6.21. The van der Waals surface area contributed by atoms with E-state index in [1.165, 1.54) is 11.3 Å². The van der Waals surface area contributed by atoms with Crippen LogP contribution in [-0.4, -0.2) is 16.5 Å². The van der Waals surface area contributed by atoms with Gasteiger partial charge >= 0.3 is 0 Å². The molecule has 0 atom stereocenters. The van der Waals surface area contributed by atoms with Crippen molar-refractivity contribution in [3.8, 4) is 11.4 Å². The van der Waals surface area contributed by atoms with E-state index in [-0.39, 0.29) is 0 Å². The van der Waals surface area contributed by atoms with Crippen LogP contribution in [0.3, 0.4) is 0 Å². The van der Waals surface area contributed by atoms with E-state index in [4.69, 9.17) is 11.6 Å². The molecule has 1 aromatic heterocycles. The average molecular weight is 270 g/mol. The third kappa shape index (κ3) is 1.70. The molecule has 0 aliphatic carbocycles. The van der Waals surface area contributed by atoms with Gasteiger partial charge in [-0.25, -0.2) is 4.98 Å². The number of benzene rings is 2. The quantitative estimate of drug-likeness (QED) is 0.704. The summed E-state index contributed by atoms with van der Waals surface area (Å²) in [6.45, 7) is 1.01. The number of hydrogen-bond acceptors (Lipinski definition) is 2. The van der Waals surface area contributed by atoms with Gasteiger partial charge in [-0.15, -0.1) is 0 Å². The predicted octanol–water partition coefficient (Wildman–Crippen LogP) is 3.85. The van der Waals surface area contributed by atoms with E-state index in [1.54, 1.807) is 0 Å². The monoisotopic (exact) mass is 269 g/mol. The minimum atomic E-state index is 0.715. The minimum absolute atomic E-state index is 0.715. The maximum Gasteiger partial charge on any atom is 0.139 e. The zero-order chi connectivity index (χ0) is 12.8. The molecule has 1 aliphatic heterocycles. The van der Waals surface area contributed by atoms with Crippen molar-refractivity contribution in [1.29, 1.82) is 0 Å². The second-order valence-electron chi connectivity index (χ2n) is 4.77. The number of nitrogens with zero attached hydrogens (tertiary/aromatic N) is 1. The van der Waals surface area contributed by atoms with Crippen molar-refractivity contribution >= 4 is 28.3 Å². The first-order chi connectivity index (χ1) is 9.31. The zero-order valence-corrected chi connectivity index (χ0v) is 11.0. The van der Waals surface area contributed by atoms with Crippen LogP contribution in [0.4, 0.5) is 5.69 Å². The fraction of sp³-hybridized carbons (Fsp3) is 0.133. The third-order valence-corrected chi connectivity index (χ3v) is 3.88. The molecular formula is C15H12ClN3. The Kier molecular flexibility index (Phi) is 2.29. The van der Waals surface area contributed by atoms with Gasteiger partial charge in [0.05, 0.1) is 16.1 Å². The van der Waals surface area contributed by atoms with E-state index >= 15 is 0 Å². The lowest BCUT2D eigenvalue weighted by Crippen LogP contribution is -1.90. The first-order valence-corrected chi connectivity index (χ1v) is 6.70. The van der Waals surface area contributed by atoms with E-state index in [0.29, 0.717) is 5.02 Å². The van der Waals surface area contributed by atoms with Crippen LogP contribution in [-0.2, 0) is 6.42 Å². The summed E-state index contributed by atoms with van der Waals surface area (Å²) in [6, 6.07) is 12.0. The molecule has 0 amide bonds. The lowest BCUT2D eigenvalue weighted by molar-refractivity contribution is 1.11. The third-order valence-electron chi connectivity index (χ3n) is 3.55. The van der Waals surface area contributed by atoms with E-state index in [0.717, 1.165) is 35.4 Å². The Morgan fingerprint density at radius 2 is 2.05 bits per heavy atom. The van der Waals surface area contributed by atoms with Crippen LogP contribution in [0.25, 0.3) is 22.4 Å². The fourth-order valence-electron chi connectivity index (χ4n) is 2.59. The number of aromatic nitrogens is 2. The summed E-state index contributed by atoms with van der Waals surface area (Å²) in [5, 5.41) is 4.09. The first kappa shape index (κ1) is 10.9. The molecule has 0 fully saturated rings.